The highest BCUT2D eigenvalue weighted by molar-refractivity contribution is 5.33. The third-order valence-electron chi connectivity index (χ3n) is 4.58. The van der Waals surface area contributed by atoms with Crippen LogP contribution in [0.5, 0.6) is 0 Å². The topological polar surface area (TPSA) is 41.3 Å². The molecule has 0 saturated carbocycles. The Labute approximate surface area is 127 Å². The average Bonchev–Trinajstić information content (AvgIpc) is 2.98. The van der Waals surface area contributed by atoms with Crippen molar-refractivity contribution in [3.8, 4) is 5.69 Å². The minimum atomic E-state index is -0.592. The van der Waals surface area contributed by atoms with Gasteiger partial charge >= 0.3 is 0 Å². The van der Waals surface area contributed by atoms with Gasteiger partial charge in [-0.15, -0.1) is 0 Å². The fraction of sp³-hybridized carbons (Fsp3) is 0.471. The molecule has 0 aliphatic heterocycles. The van der Waals surface area contributed by atoms with Crippen LogP contribution in [0.1, 0.15) is 38.5 Å². The van der Waals surface area contributed by atoms with Crippen molar-refractivity contribution in [2.24, 2.45) is 0 Å². The zero-order chi connectivity index (χ0) is 15.5. The van der Waals surface area contributed by atoms with Crippen LogP contribution in [0.15, 0.2) is 42.6 Å². The van der Waals surface area contributed by atoms with E-state index < -0.39 is 6.10 Å². The van der Waals surface area contributed by atoms with Crippen LogP contribution in [0.4, 0.5) is 0 Å². The van der Waals surface area contributed by atoms with Crippen molar-refractivity contribution in [3.63, 3.8) is 0 Å². The fourth-order valence-electron chi connectivity index (χ4n) is 3.09. The van der Waals surface area contributed by atoms with Gasteiger partial charge in [0.1, 0.15) is 6.10 Å². The minimum absolute atomic E-state index is 0.285. The minimum Gasteiger partial charge on any atom is -0.385 e. The summed E-state index contributed by atoms with van der Waals surface area (Å²) in [7, 11) is 4.05. The average molecular weight is 287 g/mol. The smallest absolute Gasteiger partial charge is 0.114 e. The molecule has 0 aliphatic rings. The molecule has 4 heteroatoms. The quantitative estimate of drug-likeness (QED) is 0.888. The van der Waals surface area contributed by atoms with E-state index in [1.54, 1.807) is 6.20 Å². The summed E-state index contributed by atoms with van der Waals surface area (Å²) in [6, 6.07) is 11.8. The molecule has 2 rings (SSSR count). The number of nitrogens with zero attached hydrogens (tertiary/aromatic N) is 3. The van der Waals surface area contributed by atoms with E-state index in [1.807, 2.05) is 55.2 Å². The summed E-state index contributed by atoms with van der Waals surface area (Å²) in [5, 5.41) is 15.4. The Morgan fingerprint density at radius 3 is 2.29 bits per heavy atom. The van der Waals surface area contributed by atoms with Gasteiger partial charge in [0.2, 0.25) is 0 Å². The Balaban J connectivity index is 2.45. The summed E-state index contributed by atoms with van der Waals surface area (Å²) < 4.78 is 1.83. The highest BCUT2D eigenvalue weighted by atomic mass is 16.3. The molecule has 0 fully saturated rings. The molecule has 2 aromatic rings. The van der Waals surface area contributed by atoms with Crippen LogP contribution < -0.4 is 0 Å². The number of likely N-dealkylation sites (N-methyl/N-ethyl adjacent to an activating group) is 1. The molecule has 0 saturated heterocycles. The van der Waals surface area contributed by atoms with E-state index in [0.717, 1.165) is 24.2 Å². The highest BCUT2D eigenvalue weighted by Crippen LogP contribution is 2.36. The normalized spacial score (nSPS) is 13.6. The maximum atomic E-state index is 11.0. The van der Waals surface area contributed by atoms with Crippen LogP contribution in [0.3, 0.4) is 0 Å². The van der Waals surface area contributed by atoms with Crippen LogP contribution in [-0.2, 0) is 0 Å². The number of aliphatic hydroxyl groups is 1. The summed E-state index contributed by atoms with van der Waals surface area (Å²) in [5.74, 6) is 0. The number of para-hydroxylation sites is 1. The number of rotatable bonds is 6. The van der Waals surface area contributed by atoms with Gasteiger partial charge in [0.05, 0.1) is 16.9 Å². The summed E-state index contributed by atoms with van der Waals surface area (Å²) in [5.41, 5.74) is 1.52. The molecule has 1 atom stereocenters. The molecular formula is C17H25N3O. The van der Waals surface area contributed by atoms with Gasteiger partial charge < -0.3 is 10.0 Å². The van der Waals surface area contributed by atoms with E-state index in [2.05, 4.69) is 23.8 Å². The molecule has 1 heterocycles. The molecule has 0 radical (unpaired) electrons. The van der Waals surface area contributed by atoms with Crippen molar-refractivity contribution < 1.29 is 5.11 Å². The molecule has 1 N–H and O–H groups in total. The first-order chi connectivity index (χ1) is 10.1. The van der Waals surface area contributed by atoms with Crippen molar-refractivity contribution in [3.05, 3.63) is 48.3 Å². The van der Waals surface area contributed by atoms with Crippen LogP contribution >= 0.6 is 0 Å². The van der Waals surface area contributed by atoms with Gasteiger partial charge in [0.15, 0.2) is 0 Å². The highest BCUT2D eigenvalue weighted by Gasteiger charge is 2.39. The maximum Gasteiger partial charge on any atom is 0.114 e. The molecule has 4 nitrogen and oxygen atoms in total. The predicted octanol–water partition coefficient (Wildman–Crippen LogP) is 3.03. The largest absolute Gasteiger partial charge is 0.385 e. The van der Waals surface area contributed by atoms with E-state index in [1.165, 1.54) is 0 Å². The van der Waals surface area contributed by atoms with E-state index in [-0.39, 0.29) is 5.54 Å². The van der Waals surface area contributed by atoms with Crippen LogP contribution in [0, 0.1) is 0 Å². The Kier molecular flexibility index (Phi) is 4.80. The summed E-state index contributed by atoms with van der Waals surface area (Å²) in [6.45, 7) is 4.24. The van der Waals surface area contributed by atoms with Gasteiger partial charge in [-0.25, -0.2) is 4.68 Å². The zero-order valence-corrected chi connectivity index (χ0v) is 13.3. The Bertz CT molecular complexity index is 558. The Morgan fingerprint density at radius 2 is 1.76 bits per heavy atom. The second kappa shape index (κ2) is 6.41. The van der Waals surface area contributed by atoms with E-state index in [0.29, 0.717) is 0 Å². The molecule has 114 valence electrons. The number of benzene rings is 1. The molecule has 1 aromatic carbocycles. The number of aromatic nitrogens is 2. The lowest BCUT2D eigenvalue weighted by Gasteiger charge is -2.42. The summed E-state index contributed by atoms with van der Waals surface area (Å²) in [4.78, 5) is 2.12. The first-order valence-electron chi connectivity index (χ1n) is 7.51. The van der Waals surface area contributed by atoms with Gasteiger partial charge in [0.25, 0.3) is 0 Å². The van der Waals surface area contributed by atoms with Gasteiger partial charge in [-0.05, 0) is 45.1 Å². The van der Waals surface area contributed by atoms with Crippen LogP contribution in [0.2, 0.25) is 0 Å². The second-order valence-electron chi connectivity index (χ2n) is 5.61. The van der Waals surface area contributed by atoms with Crippen molar-refractivity contribution in [1.82, 2.24) is 14.7 Å². The van der Waals surface area contributed by atoms with Crippen LogP contribution in [0.25, 0.3) is 5.69 Å². The first-order valence-corrected chi connectivity index (χ1v) is 7.51. The van der Waals surface area contributed by atoms with Gasteiger partial charge in [0, 0.05) is 6.20 Å². The molecule has 0 spiro atoms. The summed E-state index contributed by atoms with van der Waals surface area (Å²) in [6.07, 6.45) is 2.90. The molecule has 21 heavy (non-hydrogen) atoms. The maximum absolute atomic E-state index is 11.0. The van der Waals surface area contributed by atoms with E-state index >= 15 is 0 Å². The second-order valence-corrected chi connectivity index (χ2v) is 5.61. The fourth-order valence-corrected chi connectivity index (χ4v) is 3.09. The molecular weight excluding hydrogens is 262 g/mol. The molecule has 0 amide bonds. The third-order valence-corrected chi connectivity index (χ3v) is 4.58. The third kappa shape index (κ3) is 2.74. The predicted molar refractivity (Wildman–Crippen MR) is 85.5 cm³/mol. The lowest BCUT2D eigenvalue weighted by atomic mass is 9.83. The molecule has 0 aliphatic carbocycles. The zero-order valence-electron chi connectivity index (χ0n) is 13.3. The number of aliphatic hydroxyl groups excluding tert-OH is 1. The standard InChI is InChI=1S/C17H25N3O/c1-5-17(6-2,19(3)4)16(21)15-12-13-18-20(15)14-10-8-7-9-11-14/h7-13,16,21H,5-6H2,1-4H3. The lowest BCUT2D eigenvalue weighted by molar-refractivity contribution is -0.0186. The Hall–Kier alpha value is -1.65. The summed E-state index contributed by atoms with van der Waals surface area (Å²) >= 11 is 0. The van der Waals surface area contributed by atoms with Gasteiger partial charge in [-0.3, -0.25) is 0 Å². The molecule has 1 unspecified atom stereocenters. The van der Waals surface area contributed by atoms with Crippen molar-refractivity contribution in [1.29, 1.82) is 0 Å². The van der Waals surface area contributed by atoms with Crippen molar-refractivity contribution >= 4 is 0 Å². The van der Waals surface area contributed by atoms with E-state index in [4.69, 9.17) is 0 Å². The lowest BCUT2D eigenvalue weighted by Crippen LogP contribution is -2.48. The molecule has 0 bridgehead atoms. The monoisotopic (exact) mass is 287 g/mol. The number of hydrogen-bond acceptors (Lipinski definition) is 3. The SMILES string of the molecule is CCC(CC)(C(O)c1ccnn1-c1ccccc1)N(C)C. The van der Waals surface area contributed by atoms with Crippen molar-refractivity contribution in [2.45, 2.75) is 38.3 Å². The van der Waals surface area contributed by atoms with Crippen molar-refractivity contribution in [2.75, 3.05) is 14.1 Å². The van der Waals surface area contributed by atoms with Gasteiger partial charge in [-0.1, -0.05) is 32.0 Å². The van der Waals surface area contributed by atoms with E-state index in [9.17, 15) is 5.11 Å². The molecule has 1 aromatic heterocycles. The number of hydrogen-bond donors (Lipinski definition) is 1. The van der Waals surface area contributed by atoms with Gasteiger partial charge in [-0.2, -0.15) is 5.10 Å². The first kappa shape index (κ1) is 15.7. The van der Waals surface area contributed by atoms with Crippen LogP contribution in [-0.4, -0.2) is 39.4 Å². The Morgan fingerprint density at radius 1 is 1.14 bits per heavy atom.